The summed E-state index contributed by atoms with van der Waals surface area (Å²) < 4.78 is 60.8. The number of hydrogen-bond acceptors (Lipinski definition) is 12. The SMILES string of the molecule is C#CC(C)(C)Oc1cc(-c2coc3cc(OCOCCOC)ccc3c2=O)c(OCOCCOC)cc1OCOCCOC. The molecule has 1 heterocycles. The van der Waals surface area contributed by atoms with E-state index < -0.39 is 5.60 Å². The molecule has 0 N–H and O–H groups in total. The van der Waals surface area contributed by atoms with Gasteiger partial charge in [-0.3, -0.25) is 4.79 Å². The Morgan fingerprint density at radius 2 is 1.32 bits per heavy atom. The highest BCUT2D eigenvalue weighted by Gasteiger charge is 2.24. The zero-order chi connectivity index (χ0) is 31.8. The molecule has 0 fully saturated rings. The molecule has 3 rings (SSSR count). The van der Waals surface area contributed by atoms with Gasteiger partial charge in [0.25, 0.3) is 0 Å². The van der Waals surface area contributed by atoms with Crippen LogP contribution in [0.3, 0.4) is 0 Å². The number of hydrogen-bond donors (Lipinski definition) is 0. The zero-order valence-electron chi connectivity index (χ0n) is 25.8. The summed E-state index contributed by atoms with van der Waals surface area (Å²) in [5.74, 6) is 3.90. The van der Waals surface area contributed by atoms with Gasteiger partial charge in [0.2, 0.25) is 5.43 Å². The molecule has 0 saturated carbocycles. The molecule has 44 heavy (non-hydrogen) atoms. The highest BCUT2D eigenvalue weighted by atomic mass is 16.7. The van der Waals surface area contributed by atoms with E-state index in [1.165, 1.54) is 6.26 Å². The van der Waals surface area contributed by atoms with E-state index in [0.717, 1.165) is 0 Å². The van der Waals surface area contributed by atoms with E-state index in [4.69, 9.17) is 58.2 Å². The minimum atomic E-state index is -1.00. The van der Waals surface area contributed by atoms with Crippen molar-refractivity contribution in [1.82, 2.24) is 0 Å². The molecular formula is C32H40O12. The largest absolute Gasteiger partial charge is 0.471 e. The lowest BCUT2D eigenvalue weighted by atomic mass is 10.0. The Balaban J connectivity index is 2.00. The average Bonchev–Trinajstić information content (AvgIpc) is 3.01. The maximum Gasteiger partial charge on any atom is 0.200 e. The van der Waals surface area contributed by atoms with Gasteiger partial charge in [-0.05, 0) is 32.0 Å². The molecule has 0 aliphatic heterocycles. The summed E-state index contributed by atoms with van der Waals surface area (Å²) in [5, 5.41) is 0.329. The van der Waals surface area contributed by atoms with Crippen molar-refractivity contribution in [3.05, 3.63) is 46.8 Å². The summed E-state index contributed by atoms with van der Waals surface area (Å²) in [7, 11) is 4.73. The van der Waals surface area contributed by atoms with Gasteiger partial charge in [0.05, 0.1) is 50.6 Å². The lowest BCUT2D eigenvalue weighted by molar-refractivity contribution is -0.0130. The molecule has 2 aromatic carbocycles. The Hall–Kier alpha value is -3.83. The van der Waals surface area contributed by atoms with Gasteiger partial charge in [0, 0.05) is 39.0 Å². The van der Waals surface area contributed by atoms with E-state index in [-0.39, 0.29) is 48.6 Å². The lowest BCUT2D eigenvalue weighted by Gasteiger charge is -2.24. The topological polar surface area (TPSA) is 123 Å². The quantitative estimate of drug-likeness (QED) is 0.0966. The summed E-state index contributed by atoms with van der Waals surface area (Å²) in [6.45, 7) is 5.51. The fraction of sp³-hybridized carbons (Fsp3) is 0.469. The van der Waals surface area contributed by atoms with E-state index in [9.17, 15) is 4.79 Å². The minimum Gasteiger partial charge on any atom is -0.471 e. The molecule has 0 aliphatic rings. The first-order valence-corrected chi connectivity index (χ1v) is 13.8. The van der Waals surface area contributed by atoms with Crippen LogP contribution in [0.4, 0.5) is 0 Å². The predicted octanol–water partition coefficient (Wildman–Crippen LogP) is 4.25. The molecule has 0 amide bonds. The van der Waals surface area contributed by atoms with Gasteiger partial charge in [0.15, 0.2) is 37.5 Å². The molecule has 0 saturated heterocycles. The van der Waals surface area contributed by atoms with Crippen LogP contribution in [0.5, 0.6) is 23.0 Å². The summed E-state index contributed by atoms with van der Waals surface area (Å²) in [5.41, 5.74) is -0.393. The van der Waals surface area contributed by atoms with Crippen molar-refractivity contribution in [2.75, 3.05) is 81.3 Å². The van der Waals surface area contributed by atoms with Gasteiger partial charge < -0.3 is 51.8 Å². The van der Waals surface area contributed by atoms with Crippen LogP contribution in [0, 0.1) is 12.3 Å². The molecule has 240 valence electrons. The van der Waals surface area contributed by atoms with Crippen LogP contribution >= 0.6 is 0 Å². The van der Waals surface area contributed by atoms with Gasteiger partial charge in [-0.1, -0.05) is 5.92 Å². The lowest BCUT2D eigenvalue weighted by Crippen LogP contribution is -2.26. The highest BCUT2D eigenvalue weighted by molar-refractivity contribution is 5.84. The number of ether oxygens (including phenoxy) is 10. The molecule has 0 spiro atoms. The molecule has 12 nitrogen and oxygen atoms in total. The Bertz CT molecular complexity index is 1410. The standard InChI is InChI=1S/C32H40O12/c1-7-32(2,3)44-30-17-25(28(42-21-38-14-11-35-5)18-29(30)43-22-39-15-12-36-6)26-19-40-27-16-23(8-9-24(27)31(26)33)41-20-37-13-10-34-4/h1,8-9,16-19H,10-15,20-22H2,2-6H3. The molecule has 0 radical (unpaired) electrons. The van der Waals surface area contributed by atoms with Crippen LogP contribution in [0.1, 0.15) is 13.8 Å². The second-order valence-electron chi connectivity index (χ2n) is 9.68. The van der Waals surface area contributed by atoms with Gasteiger partial charge in [0.1, 0.15) is 23.3 Å². The Kier molecular flexibility index (Phi) is 14.2. The summed E-state index contributed by atoms with van der Waals surface area (Å²) >= 11 is 0. The molecule has 12 heteroatoms. The van der Waals surface area contributed by atoms with Crippen LogP contribution in [0.15, 0.2) is 45.8 Å². The summed E-state index contributed by atoms with van der Waals surface area (Å²) in [6, 6.07) is 8.10. The number of methoxy groups -OCH3 is 3. The minimum absolute atomic E-state index is 0.0208. The van der Waals surface area contributed by atoms with Gasteiger partial charge in [-0.15, -0.1) is 6.42 Å². The van der Waals surface area contributed by atoms with Crippen molar-refractivity contribution in [3.8, 4) is 46.5 Å². The normalized spacial score (nSPS) is 11.4. The predicted molar refractivity (Wildman–Crippen MR) is 161 cm³/mol. The van der Waals surface area contributed by atoms with Gasteiger partial charge in [-0.2, -0.15) is 0 Å². The van der Waals surface area contributed by atoms with E-state index in [0.29, 0.717) is 61.9 Å². The first-order valence-electron chi connectivity index (χ1n) is 13.8. The Morgan fingerprint density at radius 1 is 0.727 bits per heavy atom. The van der Waals surface area contributed by atoms with Crippen LogP contribution in [0.2, 0.25) is 0 Å². The van der Waals surface area contributed by atoms with Crippen molar-refractivity contribution in [2.45, 2.75) is 19.4 Å². The molecule has 0 unspecified atom stereocenters. The van der Waals surface area contributed by atoms with Gasteiger partial charge in [-0.25, -0.2) is 0 Å². The van der Waals surface area contributed by atoms with Crippen LogP contribution < -0.4 is 24.4 Å². The van der Waals surface area contributed by atoms with Crippen molar-refractivity contribution in [1.29, 1.82) is 0 Å². The molecule has 1 aromatic heterocycles. The third-order valence-corrected chi connectivity index (χ3v) is 5.99. The Morgan fingerprint density at radius 3 is 1.91 bits per heavy atom. The van der Waals surface area contributed by atoms with E-state index in [1.54, 1.807) is 65.5 Å². The van der Waals surface area contributed by atoms with E-state index >= 15 is 0 Å². The number of terminal acetylenes is 1. The fourth-order valence-electron chi connectivity index (χ4n) is 3.68. The number of benzene rings is 2. The second-order valence-corrected chi connectivity index (χ2v) is 9.68. The zero-order valence-corrected chi connectivity index (χ0v) is 25.8. The fourth-order valence-corrected chi connectivity index (χ4v) is 3.68. The maximum atomic E-state index is 13.8. The molecular weight excluding hydrogens is 576 g/mol. The van der Waals surface area contributed by atoms with E-state index in [2.05, 4.69) is 5.92 Å². The summed E-state index contributed by atoms with van der Waals surface area (Å²) in [4.78, 5) is 13.8. The first kappa shape index (κ1) is 34.7. The third-order valence-electron chi connectivity index (χ3n) is 5.99. The van der Waals surface area contributed by atoms with Crippen LogP contribution in [0.25, 0.3) is 22.1 Å². The van der Waals surface area contributed by atoms with Crippen molar-refractivity contribution < 1.29 is 51.8 Å². The number of fused-ring (bicyclic) bond motifs is 1. The molecule has 0 atom stereocenters. The van der Waals surface area contributed by atoms with Crippen molar-refractivity contribution in [2.24, 2.45) is 0 Å². The van der Waals surface area contributed by atoms with Crippen LogP contribution in [-0.2, 0) is 28.4 Å². The van der Waals surface area contributed by atoms with Crippen molar-refractivity contribution in [3.63, 3.8) is 0 Å². The number of rotatable bonds is 21. The third kappa shape index (κ3) is 10.4. The average molecular weight is 617 g/mol. The smallest absolute Gasteiger partial charge is 0.200 e. The maximum absolute atomic E-state index is 13.8. The molecule has 0 aliphatic carbocycles. The first-order chi connectivity index (χ1) is 21.3. The van der Waals surface area contributed by atoms with E-state index in [1.807, 2.05) is 0 Å². The monoisotopic (exact) mass is 616 g/mol. The second kappa shape index (κ2) is 18.1. The Labute approximate surface area is 256 Å². The highest BCUT2D eigenvalue weighted by Crippen LogP contribution is 2.41. The summed E-state index contributed by atoms with van der Waals surface area (Å²) in [6.07, 6.45) is 7.05. The van der Waals surface area contributed by atoms with Crippen LogP contribution in [-0.4, -0.2) is 87.0 Å². The van der Waals surface area contributed by atoms with Gasteiger partial charge >= 0.3 is 0 Å². The molecule has 0 bridgehead atoms. The molecule has 3 aromatic rings. The van der Waals surface area contributed by atoms with Crippen molar-refractivity contribution >= 4 is 11.0 Å².